The molecule has 2 rings (SSSR count). The van der Waals surface area contributed by atoms with Crippen molar-refractivity contribution in [3.05, 3.63) is 28.8 Å². The van der Waals surface area contributed by atoms with Crippen LogP contribution in [0.2, 0.25) is 0 Å². The summed E-state index contributed by atoms with van der Waals surface area (Å²) in [6.07, 6.45) is -0.955. The Morgan fingerprint density at radius 3 is 1.71 bits per heavy atom. The zero-order valence-electron chi connectivity index (χ0n) is 13.7. The zero-order chi connectivity index (χ0) is 18.4. The number of nitrogens with zero attached hydrogens (tertiary/aromatic N) is 1. The van der Waals surface area contributed by atoms with Gasteiger partial charge in [-0.3, -0.25) is 14.5 Å². The largest absolute Gasteiger partial charge is 0.485 e. The third-order valence-corrected chi connectivity index (χ3v) is 3.80. The standard InChI is InChI=1S/C16H17F4NO3/c1-7(2)24-15-13(19)11(17)10(12(18)14(15)20)16(3,4)21-8(22)5-6-9(21)23/h7H,5-6H2,1-4H3. The van der Waals surface area contributed by atoms with E-state index in [4.69, 9.17) is 4.74 Å². The van der Waals surface area contributed by atoms with E-state index in [1.165, 1.54) is 13.8 Å². The summed E-state index contributed by atoms with van der Waals surface area (Å²) in [4.78, 5) is 24.4. The molecule has 1 aliphatic heterocycles. The lowest BCUT2D eigenvalue weighted by Crippen LogP contribution is -2.46. The quantitative estimate of drug-likeness (QED) is 0.476. The first kappa shape index (κ1) is 18.2. The first-order chi connectivity index (χ1) is 11.0. The van der Waals surface area contributed by atoms with E-state index in [2.05, 4.69) is 0 Å². The van der Waals surface area contributed by atoms with Crippen LogP contribution in [0.3, 0.4) is 0 Å². The molecule has 1 saturated heterocycles. The van der Waals surface area contributed by atoms with Crippen molar-refractivity contribution in [3.8, 4) is 5.75 Å². The molecule has 132 valence electrons. The van der Waals surface area contributed by atoms with Crippen LogP contribution in [-0.2, 0) is 15.1 Å². The number of imide groups is 1. The minimum Gasteiger partial charge on any atom is -0.485 e. The molecule has 1 fully saturated rings. The number of likely N-dealkylation sites (tertiary alicyclic amines) is 1. The average Bonchev–Trinajstić information content (AvgIpc) is 2.81. The molecule has 4 nitrogen and oxygen atoms in total. The van der Waals surface area contributed by atoms with E-state index in [1.54, 1.807) is 0 Å². The smallest absolute Gasteiger partial charge is 0.230 e. The number of halogens is 4. The van der Waals surface area contributed by atoms with Gasteiger partial charge < -0.3 is 4.74 Å². The first-order valence-electron chi connectivity index (χ1n) is 7.39. The number of carbonyl (C=O) groups excluding carboxylic acids is 2. The van der Waals surface area contributed by atoms with Gasteiger partial charge in [0, 0.05) is 12.8 Å². The van der Waals surface area contributed by atoms with Gasteiger partial charge in [0.1, 0.15) is 0 Å². The van der Waals surface area contributed by atoms with Crippen LogP contribution in [0.5, 0.6) is 5.75 Å². The number of hydrogen-bond donors (Lipinski definition) is 0. The van der Waals surface area contributed by atoms with E-state index >= 15 is 0 Å². The Balaban J connectivity index is 2.67. The van der Waals surface area contributed by atoms with E-state index in [-0.39, 0.29) is 12.8 Å². The molecule has 2 amide bonds. The fourth-order valence-corrected chi connectivity index (χ4v) is 2.80. The number of benzene rings is 1. The Morgan fingerprint density at radius 2 is 1.33 bits per heavy atom. The van der Waals surface area contributed by atoms with Crippen LogP contribution in [-0.4, -0.2) is 22.8 Å². The molecule has 8 heteroatoms. The second kappa shape index (κ2) is 6.07. The molecule has 0 saturated carbocycles. The Morgan fingerprint density at radius 1 is 0.917 bits per heavy atom. The van der Waals surface area contributed by atoms with Crippen molar-refractivity contribution >= 4 is 11.8 Å². The summed E-state index contributed by atoms with van der Waals surface area (Å²) in [6, 6.07) is 0. The van der Waals surface area contributed by atoms with Crippen LogP contribution < -0.4 is 4.74 Å². The molecule has 0 radical (unpaired) electrons. The maximum absolute atomic E-state index is 14.4. The highest BCUT2D eigenvalue weighted by molar-refractivity contribution is 6.02. The molecular formula is C16H17F4NO3. The van der Waals surface area contributed by atoms with Crippen LogP contribution in [0.25, 0.3) is 0 Å². The summed E-state index contributed by atoms with van der Waals surface area (Å²) in [5.41, 5.74) is -2.92. The predicted octanol–water partition coefficient (Wildman–Crippen LogP) is 3.41. The minimum atomic E-state index is -1.89. The molecule has 0 atom stereocenters. The van der Waals surface area contributed by atoms with Crippen LogP contribution in [0.15, 0.2) is 0 Å². The molecule has 0 spiro atoms. The second-order valence-electron chi connectivity index (χ2n) is 6.31. The lowest BCUT2D eigenvalue weighted by atomic mass is 9.90. The minimum absolute atomic E-state index is 0.120. The molecule has 1 aromatic carbocycles. The Kier molecular flexibility index (Phi) is 4.61. The third kappa shape index (κ3) is 2.74. The Labute approximate surface area is 136 Å². The van der Waals surface area contributed by atoms with Gasteiger partial charge in [-0.05, 0) is 27.7 Å². The highest BCUT2D eigenvalue weighted by atomic mass is 19.2. The highest BCUT2D eigenvalue weighted by Crippen LogP contribution is 2.40. The van der Waals surface area contributed by atoms with Crippen molar-refractivity contribution in [3.63, 3.8) is 0 Å². The van der Waals surface area contributed by atoms with Gasteiger partial charge in [0.15, 0.2) is 17.4 Å². The topological polar surface area (TPSA) is 46.6 Å². The molecule has 1 heterocycles. The summed E-state index contributed by atoms with van der Waals surface area (Å²) in [7, 11) is 0. The van der Waals surface area contributed by atoms with Crippen LogP contribution in [0.1, 0.15) is 46.1 Å². The molecule has 24 heavy (non-hydrogen) atoms. The first-order valence-corrected chi connectivity index (χ1v) is 7.39. The molecule has 1 aliphatic rings. The third-order valence-electron chi connectivity index (χ3n) is 3.80. The zero-order valence-corrected chi connectivity index (χ0v) is 13.7. The van der Waals surface area contributed by atoms with Crippen molar-refractivity contribution < 1.29 is 31.9 Å². The lowest BCUT2D eigenvalue weighted by molar-refractivity contribution is -0.145. The van der Waals surface area contributed by atoms with Gasteiger partial charge in [-0.1, -0.05) is 0 Å². The molecule has 0 N–H and O–H groups in total. The van der Waals surface area contributed by atoms with E-state index < -0.39 is 58.0 Å². The van der Waals surface area contributed by atoms with Gasteiger partial charge >= 0.3 is 0 Å². The maximum Gasteiger partial charge on any atom is 0.230 e. The Bertz CT molecular complexity index is 671. The molecule has 0 aliphatic carbocycles. The second-order valence-corrected chi connectivity index (χ2v) is 6.31. The molecule has 0 aromatic heterocycles. The van der Waals surface area contributed by atoms with Gasteiger partial charge in [0.25, 0.3) is 0 Å². The molecular weight excluding hydrogens is 330 g/mol. The van der Waals surface area contributed by atoms with E-state index in [0.29, 0.717) is 4.90 Å². The number of rotatable bonds is 4. The summed E-state index contributed by atoms with van der Waals surface area (Å²) in [5, 5.41) is 0. The number of amides is 2. The summed E-state index contributed by atoms with van der Waals surface area (Å²) in [6.45, 7) is 5.18. The number of carbonyl (C=O) groups is 2. The summed E-state index contributed by atoms with van der Waals surface area (Å²) >= 11 is 0. The monoisotopic (exact) mass is 347 g/mol. The number of ether oxygens (including phenoxy) is 1. The van der Waals surface area contributed by atoms with Gasteiger partial charge in [-0.2, -0.15) is 8.78 Å². The fraction of sp³-hybridized carbons (Fsp3) is 0.500. The van der Waals surface area contributed by atoms with Crippen molar-refractivity contribution in [1.29, 1.82) is 0 Å². The molecule has 0 unspecified atom stereocenters. The average molecular weight is 347 g/mol. The summed E-state index contributed by atoms with van der Waals surface area (Å²) in [5.74, 6) is -9.28. The fourth-order valence-electron chi connectivity index (χ4n) is 2.80. The van der Waals surface area contributed by atoms with Crippen molar-refractivity contribution in [2.24, 2.45) is 0 Å². The molecule has 0 bridgehead atoms. The van der Waals surface area contributed by atoms with Gasteiger partial charge in [-0.15, -0.1) is 0 Å². The normalized spacial score (nSPS) is 15.6. The van der Waals surface area contributed by atoms with Crippen molar-refractivity contribution in [2.45, 2.75) is 52.2 Å². The van der Waals surface area contributed by atoms with Gasteiger partial charge in [0.05, 0.1) is 17.2 Å². The predicted molar refractivity (Wildman–Crippen MR) is 76.2 cm³/mol. The number of hydrogen-bond acceptors (Lipinski definition) is 3. The van der Waals surface area contributed by atoms with E-state index in [9.17, 15) is 27.2 Å². The van der Waals surface area contributed by atoms with E-state index in [1.807, 2.05) is 0 Å². The maximum atomic E-state index is 14.4. The van der Waals surface area contributed by atoms with E-state index in [0.717, 1.165) is 13.8 Å². The van der Waals surface area contributed by atoms with Crippen LogP contribution in [0, 0.1) is 23.3 Å². The molecule has 1 aromatic rings. The van der Waals surface area contributed by atoms with Crippen molar-refractivity contribution in [2.75, 3.05) is 0 Å². The summed E-state index contributed by atoms with van der Waals surface area (Å²) < 4.78 is 62.0. The van der Waals surface area contributed by atoms with Crippen molar-refractivity contribution in [1.82, 2.24) is 4.90 Å². The van der Waals surface area contributed by atoms with Crippen LogP contribution in [0.4, 0.5) is 17.6 Å². The lowest BCUT2D eigenvalue weighted by Gasteiger charge is -2.35. The SMILES string of the molecule is CC(C)Oc1c(F)c(F)c(C(C)(C)N2C(=O)CCC2=O)c(F)c1F. The highest BCUT2D eigenvalue weighted by Gasteiger charge is 2.46. The van der Waals surface area contributed by atoms with Gasteiger partial charge in [0.2, 0.25) is 23.4 Å². The van der Waals surface area contributed by atoms with Gasteiger partial charge in [-0.25, -0.2) is 8.78 Å². The Hall–Kier alpha value is -2.12. The van der Waals surface area contributed by atoms with Crippen LogP contribution >= 0.6 is 0 Å².